The summed E-state index contributed by atoms with van der Waals surface area (Å²) in [5.74, 6) is 0.630. The number of hydrogen-bond acceptors (Lipinski definition) is 4. The van der Waals surface area contributed by atoms with Gasteiger partial charge < -0.3 is 9.47 Å². The highest BCUT2D eigenvalue weighted by Gasteiger charge is 2.19. The summed E-state index contributed by atoms with van der Waals surface area (Å²) in [5, 5.41) is 4.28. The van der Waals surface area contributed by atoms with Crippen LogP contribution in [0.15, 0.2) is 35.3 Å². The minimum absolute atomic E-state index is 0.0872. The van der Waals surface area contributed by atoms with Gasteiger partial charge in [0.25, 0.3) is 5.56 Å². The van der Waals surface area contributed by atoms with Crippen molar-refractivity contribution in [1.29, 1.82) is 0 Å². The number of rotatable bonds is 7. The molecule has 0 fully saturated rings. The molecule has 0 aliphatic rings. The molecule has 0 N–H and O–H groups in total. The third-order valence-electron chi connectivity index (χ3n) is 3.43. The molecule has 5 nitrogen and oxygen atoms in total. The van der Waals surface area contributed by atoms with Crippen LogP contribution in [0.1, 0.15) is 45.7 Å². The van der Waals surface area contributed by atoms with E-state index in [0.717, 1.165) is 5.56 Å². The zero-order valence-electron chi connectivity index (χ0n) is 16.6. The Morgan fingerprint density at radius 1 is 1.15 bits per heavy atom. The van der Waals surface area contributed by atoms with Crippen LogP contribution in [-0.2, 0) is 23.5 Å². The average Bonchev–Trinajstić information content (AvgIpc) is 2.65. The Morgan fingerprint density at radius 3 is 2.33 bits per heavy atom. The first kappa shape index (κ1) is 23.1. The van der Waals surface area contributed by atoms with E-state index in [1.807, 2.05) is 46.8 Å². The van der Waals surface area contributed by atoms with Crippen molar-refractivity contribution in [2.45, 2.75) is 53.4 Å². The van der Waals surface area contributed by atoms with Crippen molar-refractivity contribution in [3.8, 4) is 5.75 Å². The van der Waals surface area contributed by atoms with E-state index in [2.05, 4.69) is 5.10 Å². The van der Waals surface area contributed by atoms with Crippen molar-refractivity contribution in [3.05, 3.63) is 57.0 Å². The lowest BCUT2D eigenvalue weighted by molar-refractivity contribution is 0.106. The van der Waals surface area contributed by atoms with Gasteiger partial charge >= 0.3 is 0 Å². The Bertz CT molecular complexity index is 755. The number of alkyl halides is 1. The molecule has 0 aliphatic heterocycles. The van der Waals surface area contributed by atoms with Crippen molar-refractivity contribution < 1.29 is 13.9 Å². The Kier molecular flexibility index (Phi) is 9.46. The predicted octanol–water partition coefficient (Wildman–Crippen LogP) is 4.74. The highest BCUT2D eigenvalue weighted by molar-refractivity contribution is 6.31. The molecule has 2 aromatic rings. The molecule has 0 radical (unpaired) electrons. The smallest absolute Gasteiger partial charge is 0.286 e. The Balaban J connectivity index is 0.00000176. The monoisotopic (exact) mass is 398 g/mol. The summed E-state index contributed by atoms with van der Waals surface area (Å²) in [6, 6.07) is 7.24. The van der Waals surface area contributed by atoms with Crippen LogP contribution in [0.25, 0.3) is 0 Å². The van der Waals surface area contributed by atoms with Gasteiger partial charge in [-0.05, 0) is 38.5 Å². The second-order valence-electron chi connectivity index (χ2n) is 6.55. The van der Waals surface area contributed by atoms with E-state index in [9.17, 15) is 9.18 Å². The lowest BCUT2D eigenvalue weighted by Crippen LogP contribution is -2.36. The zero-order chi connectivity index (χ0) is 20.4. The molecule has 0 saturated heterocycles. The number of benzene rings is 1. The quantitative estimate of drug-likeness (QED) is 0.632. The van der Waals surface area contributed by atoms with Crippen LogP contribution < -0.4 is 10.3 Å². The van der Waals surface area contributed by atoms with E-state index in [-0.39, 0.29) is 23.8 Å². The zero-order valence-corrected chi connectivity index (χ0v) is 17.3. The molecule has 0 atom stereocenters. The molecule has 1 heterocycles. The van der Waals surface area contributed by atoms with Crippen molar-refractivity contribution in [1.82, 2.24) is 9.78 Å². The van der Waals surface area contributed by atoms with Gasteiger partial charge in [-0.15, -0.1) is 0 Å². The fraction of sp³-hybridized carbons (Fsp3) is 0.500. The number of ether oxygens (including phenoxy) is 2. The normalized spacial score (nSPS) is 10.9. The molecule has 0 aliphatic carbocycles. The second kappa shape index (κ2) is 11.0. The van der Waals surface area contributed by atoms with Crippen LogP contribution in [0.2, 0.25) is 5.02 Å². The maximum absolute atomic E-state index is 12.3. The Morgan fingerprint density at radius 2 is 1.78 bits per heavy atom. The fourth-order valence-corrected chi connectivity index (χ4v) is 2.32. The minimum Gasteiger partial charge on any atom is -0.489 e. The van der Waals surface area contributed by atoms with Crippen molar-refractivity contribution in [3.63, 3.8) is 0 Å². The molecule has 27 heavy (non-hydrogen) atoms. The summed E-state index contributed by atoms with van der Waals surface area (Å²) < 4.78 is 24.1. The standard InChI is InChI=1S/C18H22ClFN2O3.C2H6/c1-18(2,3)22-17(23)16(19)14(10-21-22)12-25-15-6-4-13(5-7-15)11-24-9-8-20;1-2/h4-7,10H,8-9,11-12H2,1-3H3;1-2H3. The van der Waals surface area contributed by atoms with Gasteiger partial charge in [0, 0.05) is 5.56 Å². The van der Waals surface area contributed by atoms with E-state index < -0.39 is 12.2 Å². The van der Waals surface area contributed by atoms with Crippen LogP contribution in [0, 0.1) is 0 Å². The third kappa shape index (κ3) is 6.96. The topological polar surface area (TPSA) is 53.4 Å². The van der Waals surface area contributed by atoms with E-state index in [4.69, 9.17) is 21.1 Å². The molecule has 1 aromatic heterocycles. The molecule has 2 rings (SSSR count). The third-order valence-corrected chi connectivity index (χ3v) is 3.84. The minimum atomic E-state index is -0.496. The van der Waals surface area contributed by atoms with Crippen LogP contribution in [0.5, 0.6) is 5.75 Å². The van der Waals surface area contributed by atoms with Gasteiger partial charge in [-0.3, -0.25) is 4.79 Å². The Hall–Kier alpha value is -1.92. The lowest BCUT2D eigenvalue weighted by Gasteiger charge is -2.21. The van der Waals surface area contributed by atoms with Gasteiger partial charge in [0.05, 0.1) is 24.9 Å². The predicted molar refractivity (Wildman–Crippen MR) is 106 cm³/mol. The van der Waals surface area contributed by atoms with Gasteiger partial charge in [0.15, 0.2) is 0 Å². The molecule has 0 bridgehead atoms. The number of nitrogens with zero attached hydrogens (tertiary/aromatic N) is 2. The first-order valence-corrected chi connectivity index (χ1v) is 9.33. The SMILES string of the molecule is CC.CC(C)(C)n1ncc(COc2ccc(COCCF)cc2)c(Cl)c1=O. The molecule has 0 amide bonds. The summed E-state index contributed by atoms with van der Waals surface area (Å²) in [4.78, 5) is 12.3. The average molecular weight is 399 g/mol. The number of aromatic nitrogens is 2. The highest BCUT2D eigenvalue weighted by Crippen LogP contribution is 2.18. The van der Waals surface area contributed by atoms with Gasteiger partial charge in [0.1, 0.15) is 24.1 Å². The second-order valence-corrected chi connectivity index (χ2v) is 6.92. The van der Waals surface area contributed by atoms with Crippen LogP contribution in [0.3, 0.4) is 0 Å². The fourth-order valence-electron chi connectivity index (χ4n) is 2.13. The van der Waals surface area contributed by atoms with E-state index >= 15 is 0 Å². The van der Waals surface area contributed by atoms with Gasteiger partial charge in [-0.25, -0.2) is 9.07 Å². The van der Waals surface area contributed by atoms with Gasteiger partial charge in [0.2, 0.25) is 0 Å². The van der Waals surface area contributed by atoms with E-state index in [1.165, 1.54) is 4.68 Å². The summed E-state index contributed by atoms with van der Waals surface area (Å²) in [6.07, 6.45) is 1.55. The first-order chi connectivity index (χ1) is 12.8. The van der Waals surface area contributed by atoms with Crippen LogP contribution in [0.4, 0.5) is 4.39 Å². The number of halogens is 2. The molecule has 0 unspecified atom stereocenters. The van der Waals surface area contributed by atoms with E-state index in [1.54, 1.807) is 18.3 Å². The highest BCUT2D eigenvalue weighted by atomic mass is 35.5. The van der Waals surface area contributed by atoms with Crippen LogP contribution >= 0.6 is 11.6 Å². The molecule has 7 heteroatoms. The van der Waals surface area contributed by atoms with Crippen LogP contribution in [-0.4, -0.2) is 23.1 Å². The molecular weight excluding hydrogens is 371 g/mol. The Labute approximate surface area is 165 Å². The molecule has 1 aromatic carbocycles. The van der Waals surface area contributed by atoms with Crippen molar-refractivity contribution in [2.24, 2.45) is 0 Å². The summed E-state index contributed by atoms with van der Waals surface area (Å²) in [5.41, 5.74) is 0.673. The molecule has 0 spiro atoms. The molecule has 0 saturated carbocycles. The largest absolute Gasteiger partial charge is 0.489 e. The van der Waals surface area contributed by atoms with E-state index in [0.29, 0.717) is 17.9 Å². The summed E-state index contributed by atoms with van der Waals surface area (Å²) in [6.45, 7) is 9.73. The summed E-state index contributed by atoms with van der Waals surface area (Å²) in [7, 11) is 0. The lowest BCUT2D eigenvalue weighted by atomic mass is 10.1. The van der Waals surface area contributed by atoms with Crippen molar-refractivity contribution >= 4 is 11.6 Å². The molecule has 150 valence electrons. The van der Waals surface area contributed by atoms with Gasteiger partial charge in [-0.2, -0.15) is 5.10 Å². The molecular formula is C20H28ClFN2O3. The summed E-state index contributed by atoms with van der Waals surface area (Å²) >= 11 is 6.17. The van der Waals surface area contributed by atoms with Gasteiger partial charge in [-0.1, -0.05) is 37.6 Å². The first-order valence-electron chi connectivity index (χ1n) is 8.95. The van der Waals surface area contributed by atoms with Crippen molar-refractivity contribution in [2.75, 3.05) is 13.3 Å². The maximum atomic E-state index is 12.3. The number of hydrogen-bond donors (Lipinski definition) is 0. The maximum Gasteiger partial charge on any atom is 0.286 e.